The van der Waals surface area contributed by atoms with Gasteiger partial charge in [0.05, 0.1) is 12.5 Å². The fourth-order valence-corrected chi connectivity index (χ4v) is 3.79. The van der Waals surface area contributed by atoms with E-state index in [9.17, 15) is 4.79 Å². The maximum absolute atomic E-state index is 12.5. The lowest BCUT2D eigenvalue weighted by molar-refractivity contribution is -0.150. The van der Waals surface area contributed by atoms with Gasteiger partial charge >= 0.3 is 5.97 Å². The fraction of sp³-hybridized carbons (Fsp3) is 0.650. The molecule has 1 fully saturated rings. The molecule has 0 amide bonds. The molecule has 0 saturated carbocycles. The van der Waals surface area contributed by atoms with Crippen molar-refractivity contribution in [3.8, 4) is 0 Å². The van der Waals surface area contributed by atoms with E-state index in [2.05, 4.69) is 49.1 Å². The zero-order chi connectivity index (χ0) is 16.7. The summed E-state index contributed by atoms with van der Waals surface area (Å²) < 4.78 is 5.38. The average molecular weight is 317 g/mol. The normalized spacial score (nSPS) is 21.1. The monoisotopic (exact) mass is 317 g/mol. The Morgan fingerprint density at radius 2 is 2.04 bits per heavy atom. The van der Waals surface area contributed by atoms with Gasteiger partial charge in [0.15, 0.2) is 0 Å². The summed E-state index contributed by atoms with van der Waals surface area (Å²) in [5.74, 6) is 0.0154. The average Bonchev–Trinajstić information content (AvgIpc) is 3.05. The lowest BCUT2D eigenvalue weighted by atomic mass is 9.91. The number of benzene rings is 1. The molecular formula is C20H31NO2. The first-order valence-electron chi connectivity index (χ1n) is 9.16. The summed E-state index contributed by atoms with van der Waals surface area (Å²) in [6.45, 7) is 7.88. The second kappa shape index (κ2) is 9.07. The van der Waals surface area contributed by atoms with Crippen LogP contribution in [0.4, 0.5) is 0 Å². The van der Waals surface area contributed by atoms with Crippen molar-refractivity contribution in [2.24, 2.45) is 5.92 Å². The van der Waals surface area contributed by atoms with Crippen molar-refractivity contribution in [3.63, 3.8) is 0 Å². The second-order valence-electron chi connectivity index (χ2n) is 6.53. The molecule has 1 aromatic carbocycles. The van der Waals surface area contributed by atoms with Gasteiger partial charge in [-0.1, -0.05) is 50.1 Å². The van der Waals surface area contributed by atoms with Crippen LogP contribution in [-0.4, -0.2) is 30.1 Å². The number of likely N-dealkylation sites (tertiary alicyclic amines) is 1. The molecule has 1 aromatic rings. The maximum atomic E-state index is 12.5. The molecule has 0 bridgehead atoms. The summed E-state index contributed by atoms with van der Waals surface area (Å²) in [7, 11) is 0. The molecule has 0 aliphatic carbocycles. The number of nitrogens with zero attached hydrogens (tertiary/aromatic N) is 1. The molecule has 1 aliphatic rings. The number of hydrogen-bond donors (Lipinski definition) is 0. The Morgan fingerprint density at radius 1 is 1.30 bits per heavy atom. The van der Waals surface area contributed by atoms with Crippen molar-refractivity contribution in [1.82, 2.24) is 4.90 Å². The minimum Gasteiger partial charge on any atom is -0.466 e. The minimum absolute atomic E-state index is 0.00175. The highest BCUT2D eigenvalue weighted by Crippen LogP contribution is 2.35. The highest BCUT2D eigenvalue weighted by atomic mass is 16.5. The van der Waals surface area contributed by atoms with Gasteiger partial charge in [0.1, 0.15) is 0 Å². The number of rotatable bonds is 8. The van der Waals surface area contributed by atoms with Crippen LogP contribution >= 0.6 is 0 Å². The van der Waals surface area contributed by atoms with Crippen LogP contribution in [0, 0.1) is 5.92 Å². The third-order valence-corrected chi connectivity index (χ3v) is 5.04. The number of unbranched alkanes of at least 4 members (excludes halogenated alkanes) is 1. The summed E-state index contributed by atoms with van der Waals surface area (Å²) in [4.78, 5) is 15.0. The Labute approximate surface area is 141 Å². The van der Waals surface area contributed by atoms with Gasteiger partial charge in [-0.15, -0.1) is 0 Å². The van der Waals surface area contributed by atoms with Crippen LogP contribution in [0.2, 0.25) is 0 Å². The van der Waals surface area contributed by atoms with Crippen LogP contribution in [0.25, 0.3) is 0 Å². The van der Waals surface area contributed by atoms with Gasteiger partial charge in [0.25, 0.3) is 0 Å². The van der Waals surface area contributed by atoms with Gasteiger partial charge in [-0.05, 0) is 45.2 Å². The van der Waals surface area contributed by atoms with E-state index in [1.54, 1.807) is 0 Å². The van der Waals surface area contributed by atoms with Crippen LogP contribution in [0.1, 0.15) is 64.5 Å². The zero-order valence-electron chi connectivity index (χ0n) is 14.8. The van der Waals surface area contributed by atoms with E-state index < -0.39 is 0 Å². The topological polar surface area (TPSA) is 29.5 Å². The molecule has 3 nitrogen and oxygen atoms in total. The first kappa shape index (κ1) is 18.0. The molecule has 3 heteroatoms. The quantitative estimate of drug-likeness (QED) is 0.657. The van der Waals surface area contributed by atoms with Gasteiger partial charge in [0, 0.05) is 12.1 Å². The minimum atomic E-state index is -0.00175. The fourth-order valence-electron chi connectivity index (χ4n) is 3.79. The van der Waals surface area contributed by atoms with Crippen LogP contribution in [-0.2, 0) is 9.53 Å². The molecule has 2 rings (SSSR count). The van der Waals surface area contributed by atoms with E-state index in [1.807, 2.05) is 6.92 Å². The predicted octanol–water partition coefficient (Wildman–Crippen LogP) is 4.58. The maximum Gasteiger partial charge on any atom is 0.310 e. The standard InChI is InChI=1S/C20H31NO2/c1-4-6-13-18(20(22)23-5-2)19-14-10-15-21(19)16(3)17-11-8-7-9-12-17/h7-9,11-12,16,18-19H,4-6,10,13-15H2,1-3H3/t16-,18+,19-/m1/s1. The Balaban J connectivity index is 2.14. The number of hydrogen-bond acceptors (Lipinski definition) is 3. The Kier molecular flexibility index (Phi) is 7.10. The van der Waals surface area contributed by atoms with Crippen LogP contribution in [0.15, 0.2) is 30.3 Å². The molecule has 0 N–H and O–H groups in total. The van der Waals surface area contributed by atoms with E-state index in [0.29, 0.717) is 18.7 Å². The zero-order valence-corrected chi connectivity index (χ0v) is 14.8. The van der Waals surface area contributed by atoms with E-state index in [1.165, 1.54) is 12.0 Å². The second-order valence-corrected chi connectivity index (χ2v) is 6.53. The summed E-state index contributed by atoms with van der Waals surface area (Å²) >= 11 is 0. The van der Waals surface area contributed by atoms with Gasteiger partial charge in [0.2, 0.25) is 0 Å². The molecule has 1 saturated heterocycles. The first-order valence-corrected chi connectivity index (χ1v) is 9.16. The molecule has 0 spiro atoms. The van der Waals surface area contributed by atoms with Crippen molar-refractivity contribution < 1.29 is 9.53 Å². The summed E-state index contributed by atoms with van der Waals surface area (Å²) in [5.41, 5.74) is 1.33. The van der Waals surface area contributed by atoms with Crippen molar-refractivity contribution in [3.05, 3.63) is 35.9 Å². The van der Waals surface area contributed by atoms with Crippen molar-refractivity contribution in [2.75, 3.05) is 13.2 Å². The van der Waals surface area contributed by atoms with Gasteiger partial charge < -0.3 is 4.74 Å². The molecular weight excluding hydrogens is 286 g/mol. The molecule has 128 valence electrons. The third-order valence-electron chi connectivity index (χ3n) is 5.04. The first-order chi connectivity index (χ1) is 11.2. The lowest BCUT2D eigenvalue weighted by Crippen LogP contribution is -2.41. The molecule has 23 heavy (non-hydrogen) atoms. The summed E-state index contributed by atoms with van der Waals surface area (Å²) in [6.07, 6.45) is 5.43. The van der Waals surface area contributed by atoms with Gasteiger partial charge in [-0.2, -0.15) is 0 Å². The highest BCUT2D eigenvalue weighted by Gasteiger charge is 2.38. The predicted molar refractivity (Wildman–Crippen MR) is 94.2 cm³/mol. The third kappa shape index (κ3) is 4.57. The summed E-state index contributed by atoms with van der Waals surface area (Å²) in [5, 5.41) is 0. The van der Waals surface area contributed by atoms with Gasteiger partial charge in [-0.3, -0.25) is 9.69 Å². The largest absolute Gasteiger partial charge is 0.466 e. The Hall–Kier alpha value is -1.35. The Morgan fingerprint density at radius 3 is 2.70 bits per heavy atom. The Bertz CT molecular complexity index is 474. The number of carbonyl (C=O) groups excluding carboxylic acids is 1. The SMILES string of the molecule is CCCC[C@H](C(=O)OCC)[C@H]1CCCN1[C@H](C)c1ccccc1. The van der Waals surface area contributed by atoms with Crippen LogP contribution < -0.4 is 0 Å². The van der Waals surface area contributed by atoms with E-state index in [4.69, 9.17) is 4.74 Å². The van der Waals surface area contributed by atoms with E-state index >= 15 is 0 Å². The van der Waals surface area contributed by atoms with Crippen LogP contribution in [0.5, 0.6) is 0 Å². The number of ether oxygens (including phenoxy) is 1. The molecule has 0 aromatic heterocycles. The molecule has 1 aliphatic heterocycles. The van der Waals surface area contributed by atoms with Gasteiger partial charge in [-0.25, -0.2) is 0 Å². The van der Waals surface area contributed by atoms with Crippen LogP contribution in [0.3, 0.4) is 0 Å². The molecule has 0 unspecified atom stereocenters. The molecule has 1 heterocycles. The highest BCUT2D eigenvalue weighted by molar-refractivity contribution is 5.73. The smallest absolute Gasteiger partial charge is 0.310 e. The van der Waals surface area contributed by atoms with Crippen molar-refractivity contribution >= 4 is 5.97 Å². The van der Waals surface area contributed by atoms with E-state index in [0.717, 1.165) is 32.2 Å². The number of carbonyl (C=O) groups is 1. The van der Waals surface area contributed by atoms with Crippen molar-refractivity contribution in [1.29, 1.82) is 0 Å². The molecule has 3 atom stereocenters. The summed E-state index contributed by atoms with van der Waals surface area (Å²) in [6, 6.07) is 11.3. The van der Waals surface area contributed by atoms with E-state index in [-0.39, 0.29) is 11.9 Å². The molecule has 0 radical (unpaired) electrons. The van der Waals surface area contributed by atoms with Crippen molar-refractivity contribution in [2.45, 2.75) is 65.0 Å². The number of esters is 1. The lowest BCUT2D eigenvalue weighted by Gasteiger charge is -2.35.